The molecule has 5 aliphatic carbocycles. The maximum Gasteiger partial charge on any atom is 0.0577 e. The van der Waals surface area contributed by atoms with Crippen LogP contribution in [-0.4, -0.2) is 11.2 Å². The van der Waals surface area contributed by atoms with Gasteiger partial charge in [0, 0.05) is 0 Å². The van der Waals surface area contributed by atoms with Crippen molar-refractivity contribution in [1.29, 1.82) is 0 Å². The second-order valence-electron chi connectivity index (χ2n) is 13.1. The van der Waals surface area contributed by atoms with Crippen molar-refractivity contribution in [2.75, 3.05) is 0 Å². The zero-order valence-corrected chi connectivity index (χ0v) is 20.8. The third-order valence-corrected chi connectivity index (χ3v) is 11.6. The summed E-state index contributed by atoms with van der Waals surface area (Å²) in [5, 5.41) is 10.3. The van der Waals surface area contributed by atoms with Crippen LogP contribution in [0.1, 0.15) is 105 Å². The molecule has 5 rings (SSSR count). The van der Waals surface area contributed by atoms with Crippen LogP contribution in [0.15, 0.2) is 23.8 Å². The van der Waals surface area contributed by atoms with E-state index < -0.39 is 0 Å². The van der Waals surface area contributed by atoms with Crippen LogP contribution in [0, 0.1) is 52.3 Å². The molecule has 5 aliphatic rings. The molecule has 0 spiro atoms. The Kier molecular flexibility index (Phi) is 5.98. The number of aliphatic hydroxyl groups excluding tert-OH is 1. The van der Waals surface area contributed by atoms with Crippen LogP contribution < -0.4 is 0 Å². The maximum absolute atomic E-state index is 10.3. The van der Waals surface area contributed by atoms with Gasteiger partial charge in [-0.2, -0.15) is 0 Å². The molecular formula is C30H48O. The van der Waals surface area contributed by atoms with Gasteiger partial charge >= 0.3 is 0 Å². The molecule has 0 amide bonds. The van der Waals surface area contributed by atoms with E-state index in [4.69, 9.17) is 0 Å². The van der Waals surface area contributed by atoms with Crippen LogP contribution in [-0.2, 0) is 0 Å². The molecule has 1 nitrogen and oxygen atoms in total. The number of aliphatic hydroxyl groups is 1. The summed E-state index contributed by atoms with van der Waals surface area (Å²) in [6.45, 7) is 10.3. The molecular weight excluding hydrogens is 376 g/mol. The molecule has 0 aliphatic heterocycles. The molecule has 31 heavy (non-hydrogen) atoms. The molecule has 1 heteroatoms. The lowest BCUT2D eigenvalue weighted by atomic mass is 9.47. The van der Waals surface area contributed by atoms with Crippen LogP contribution in [0.5, 0.6) is 0 Å². The van der Waals surface area contributed by atoms with Crippen LogP contribution in [0.25, 0.3) is 0 Å². The molecule has 0 saturated heterocycles. The summed E-state index contributed by atoms with van der Waals surface area (Å²) in [5.74, 6) is 6.00. The van der Waals surface area contributed by atoms with Gasteiger partial charge in [0.05, 0.1) is 6.10 Å². The Morgan fingerprint density at radius 1 is 1.00 bits per heavy atom. The van der Waals surface area contributed by atoms with Crippen molar-refractivity contribution < 1.29 is 5.11 Å². The fourth-order valence-electron chi connectivity index (χ4n) is 9.63. The molecule has 174 valence electrons. The minimum atomic E-state index is -0.0832. The summed E-state index contributed by atoms with van der Waals surface area (Å²) in [6.07, 6.45) is 23.8. The van der Waals surface area contributed by atoms with Crippen molar-refractivity contribution in [2.45, 2.75) is 111 Å². The van der Waals surface area contributed by atoms with Crippen molar-refractivity contribution in [3.63, 3.8) is 0 Å². The van der Waals surface area contributed by atoms with Crippen molar-refractivity contribution >= 4 is 0 Å². The van der Waals surface area contributed by atoms with Gasteiger partial charge in [-0.15, -0.1) is 0 Å². The fraction of sp³-hybridized carbons (Fsp3) is 0.867. The topological polar surface area (TPSA) is 20.2 Å². The lowest BCUT2D eigenvalue weighted by Crippen LogP contribution is -2.50. The zero-order valence-electron chi connectivity index (χ0n) is 20.8. The van der Waals surface area contributed by atoms with Gasteiger partial charge in [-0.1, -0.05) is 70.8 Å². The predicted molar refractivity (Wildman–Crippen MR) is 131 cm³/mol. The summed E-state index contributed by atoms with van der Waals surface area (Å²) in [6, 6.07) is 0. The summed E-state index contributed by atoms with van der Waals surface area (Å²) in [4.78, 5) is 0. The minimum absolute atomic E-state index is 0.0832. The Morgan fingerprint density at radius 2 is 1.81 bits per heavy atom. The third-order valence-electron chi connectivity index (χ3n) is 11.6. The largest absolute Gasteiger partial charge is 0.393 e. The van der Waals surface area contributed by atoms with Crippen molar-refractivity contribution in [3.05, 3.63) is 23.8 Å². The van der Waals surface area contributed by atoms with Crippen molar-refractivity contribution in [1.82, 2.24) is 0 Å². The van der Waals surface area contributed by atoms with E-state index >= 15 is 0 Å². The number of rotatable bonds is 3. The highest BCUT2D eigenvalue weighted by atomic mass is 16.3. The van der Waals surface area contributed by atoms with Gasteiger partial charge in [0.15, 0.2) is 0 Å². The first-order valence-electron chi connectivity index (χ1n) is 13.9. The SMILES string of the molecule is CC1CCCCC1/C=C/[C@@H](C)[C@H]1CC[C@H]2[C@@H]3CC=C4C[C@@H](O)CC[C@]4(C)[C@H]3CC[C@]12C. The molecule has 4 saturated carbocycles. The first-order valence-corrected chi connectivity index (χ1v) is 13.9. The van der Waals surface area contributed by atoms with E-state index in [-0.39, 0.29) is 6.10 Å². The molecule has 0 aromatic carbocycles. The highest BCUT2D eigenvalue weighted by Crippen LogP contribution is 2.67. The maximum atomic E-state index is 10.3. The van der Waals surface area contributed by atoms with E-state index in [9.17, 15) is 5.11 Å². The Morgan fingerprint density at radius 3 is 2.61 bits per heavy atom. The second kappa shape index (κ2) is 8.34. The standard InChI is InChI=1S/C30H48O/c1-20-7-5-6-8-22(20)10-9-21(2)26-13-14-27-25-12-11-23-19-24(31)15-17-29(23,3)28(25)16-18-30(26,27)4/h9-11,20-22,24-28,31H,5-8,12-19H2,1-4H3/b10-9+/t20?,21-,22?,24+,25+,26-,27+,28+,29+,30-/m1/s1. The van der Waals surface area contributed by atoms with Crippen LogP contribution in [0.2, 0.25) is 0 Å². The van der Waals surface area contributed by atoms with Gasteiger partial charge in [-0.25, -0.2) is 0 Å². The molecule has 0 heterocycles. The van der Waals surface area contributed by atoms with Crippen LogP contribution >= 0.6 is 0 Å². The van der Waals surface area contributed by atoms with E-state index in [2.05, 4.69) is 45.9 Å². The fourth-order valence-corrected chi connectivity index (χ4v) is 9.63. The molecule has 0 aromatic heterocycles. The molecule has 0 aromatic rings. The first kappa shape index (κ1) is 22.2. The zero-order chi connectivity index (χ0) is 21.8. The highest BCUT2D eigenvalue weighted by Gasteiger charge is 2.58. The summed E-state index contributed by atoms with van der Waals surface area (Å²) in [7, 11) is 0. The van der Waals surface area contributed by atoms with Gasteiger partial charge in [0.25, 0.3) is 0 Å². The number of allylic oxidation sites excluding steroid dienone is 3. The lowest BCUT2D eigenvalue weighted by molar-refractivity contribution is -0.0540. The monoisotopic (exact) mass is 424 g/mol. The Labute approximate surface area is 192 Å². The van der Waals surface area contributed by atoms with Gasteiger partial charge in [-0.3, -0.25) is 0 Å². The second-order valence-corrected chi connectivity index (χ2v) is 13.1. The van der Waals surface area contributed by atoms with Gasteiger partial charge in [0.2, 0.25) is 0 Å². The number of hydrogen-bond acceptors (Lipinski definition) is 1. The normalized spacial score (nSPS) is 51.0. The number of fused-ring (bicyclic) bond motifs is 5. The molecule has 1 N–H and O–H groups in total. The van der Waals surface area contributed by atoms with E-state index in [1.807, 2.05) is 0 Å². The smallest absolute Gasteiger partial charge is 0.0577 e. The Balaban J connectivity index is 1.32. The summed E-state index contributed by atoms with van der Waals surface area (Å²) >= 11 is 0. The summed E-state index contributed by atoms with van der Waals surface area (Å²) < 4.78 is 0. The Hall–Kier alpha value is -0.560. The van der Waals surface area contributed by atoms with Gasteiger partial charge < -0.3 is 5.11 Å². The van der Waals surface area contributed by atoms with Crippen molar-refractivity contribution in [3.8, 4) is 0 Å². The van der Waals surface area contributed by atoms with E-state index in [1.54, 1.807) is 5.57 Å². The van der Waals surface area contributed by atoms with Gasteiger partial charge in [0.1, 0.15) is 0 Å². The average Bonchev–Trinajstić information content (AvgIpc) is 3.11. The number of hydrogen-bond donors (Lipinski definition) is 1. The molecule has 2 unspecified atom stereocenters. The lowest BCUT2D eigenvalue weighted by Gasteiger charge is -2.58. The molecule has 0 bridgehead atoms. The van der Waals surface area contributed by atoms with Crippen LogP contribution in [0.3, 0.4) is 0 Å². The van der Waals surface area contributed by atoms with Crippen molar-refractivity contribution in [2.24, 2.45) is 52.3 Å². The molecule has 0 radical (unpaired) electrons. The minimum Gasteiger partial charge on any atom is -0.393 e. The van der Waals surface area contributed by atoms with Crippen LogP contribution in [0.4, 0.5) is 0 Å². The average molecular weight is 425 g/mol. The highest BCUT2D eigenvalue weighted by molar-refractivity contribution is 5.25. The predicted octanol–water partition coefficient (Wildman–Crippen LogP) is 7.94. The van der Waals surface area contributed by atoms with E-state index in [1.165, 1.54) is 64.2 Å². The molecule has 4 fully saturated rings. The van der Waals surface area contributed by atoms with Gasteiger partial charge in [-0.05, 0) is 110 Å². The van der Waals surface area contributed by atoms with E-state index in [0.717, 1.165) is 54.3 Å². The third kappa shape index (κ3) is 3.70. The Bertz CT molecular complexity index is 720. The first-order chi connectivity index (χ1) is 14.8. The quantitative estimate of drug-likeness (QED) is 0.456. The molecule has 10 atom stereocenters. The summed E-state index contributed by atoms with van der Waals surface area (Å²) in [5.41, 5.74) is 2.53. The van der Waals surface area contributed by atoms with E-state index in [0.29, 0.717) is 10.8 Å².